The van der Waals surface area contributed by atoms with E-state index in [1.54, 1.807) is 14.1 Å². The number of halogens is 2. The van der Waals surface area contributed by atoms with Gasteiger partial charge in [-0.05, 0) is 112 Å². The first-order valence-corrected chi connectivity index (χ1v) is 22.6. The van der Waals surface area contributed by atoms with Crippen molar-refractivity contribution in [3.8, 4) is 0 Å². The molecule has 4 heterocycles. The van der Waals surface area contributed by atoms with Crippen LogP contribution in [0.15, 0.2) is 33.2 Å². The quantitative estimate of drug-likeness (QED) is 0.119. The van der Waals surface area contributed by atoms with Crippen LogP contribution in [0.5, 0.6) is 0 Å². The van der Waals surface area contributed by atoms with Gasteiger partial charge in [-0.15, -0.1) is 0 Å². The van der Waals surface area contributed by atoms with Gasteiger partial charge in [0.05, 0.1) is 13.3 Å². The van der Waals surface area contributed by atoms with Gasteiger partial charge in [-0.2, -0.15) is 17.0 Å². The Morgan fingerprint density at radius 1 is 0.736 bits per heavy atom. The van der Waals surface area contributed by atoms with Crippen molar-refractivity contribution in [3.63, 3.8) is 0 Å². The predicted octanol–water partition coefficient (Wildman–Crippen LogP) is 6.68. The average Bonchev–Trinajstić information content (AvgIpc) is 3.61. The van der Waals surface area contributed by atoms with Crippen molar-refractivity contribution in [2.24, 2.45) is 0 Å². The van der Waals surface area contributed by atoms with E-state index in [9.17, 15) is 8.42 Å². The molecule has 2 aliphatic carbocycles. The molecular formula is C40H56Br2N8O2S. The van der Waals surface area contributed by atoms with E-state index in [2.05, 4.69) is 114 Å². The molecule has 2 fully saturated rings. The predicted molar refractivity (Wildman–Crippen MR) is 223 cm³/mol. The summed E-state index contributed by atoms with van der Waals surface area (Å²) in [6, 6.07) is 10.3. The molecule has 2 aromatic heterocycles. The Labute approximate surface area is 332 Å². The van der Waals surface area contributed by atoms with Crippen LogP contribution >= 0.6 is 31.9 Å². The lowest BCUT2D eigenvalue weighted by Crippen LogP contribution is -2.58. The Bertz CT molecular complexity index is 1970. The fourth-order valence-corrected chi connectivity index (χ4v) is 12.4. The number of likely N-dealkylation sites (tertiary alicyclic amines) is 2. The van der Waals surface area contributed by atoms with E-state index in [0.717, 1.165) is 73.6 Å². The summed E-state index contributed by atoms with van der Waals surface area (Å²) in [5.41, 5.74) is 10.7. The topological polar surface area (TPSA) is 103 Å². The second-order valence-corrected chi connectivity index (χ2v) is 20.3. The molecule has 0 saturated carbocycles. The molecular weight excluding hydrogens is 816 g/mol. The molecule has 10 nitrogen and oxygen atoms in total. The van der Waals surface area contributed by atoms with Crippen molar-refractivity contribution >= 4 is 63.9 Å². The third-order valence-electron chi connectivity index (χ3n) is 12.9. The Hall–Kier alpha value is -1.81. The Morgan fingerprint density at radius 3 is 1.55 bits per heavy atom. The Balaban J connectivity index is 0.928. The molecule has 2 aliphatic heterocycles. The fourth-order valence-electron chi connectivity index (χ4n) is 10.5. The zero-order chi connectivity index (χ0) is 37.3. The third kappa shape index (κ3) is 6.88. The second-order valence-electron chi connectivity index (χ2n) is 16.3. The molecule has 8 rings (SSSR count). The number of aromatic amines is 2. The molecule has 0 unspecified atom stereocenters. The highest BCUT2D eigenvalue weighted by molar-refractivity contribution is 9.10. The van der Waals surface area contributed by atoms with Crippen LogP contribution in [-0.4, -0.2) is 115 Å². The van der Waals surface area contributed by atoms with Crippen molar-refractivity contribution in [3.05, 3.63) is 66.9 Å². The lowest BCUT2D eigenvalue weighted by atomic mass is 9.73. The van der Waals surface area contributed by atoms with Crippen molar-refractivity contribution in [2.45, 2.75) is 102 Å². The minimum atomic E-state index is -3.69. The zero-order valence-electron chi connectivity index (χ0n) is 32.0. The molecule has 13 heteroatoms. The van der Waals surface area contributed by atoms with Crippen LogP contribution in [0.1, 0.15) is 85.0 Å². The summed E-state index contributed by atoms with van der Waals surface area (Å²) in [5.74, 6) is 0.772. The van der Waals surface area contributed by atoms with Gasteiger partial charge in [-0.25, -0.2) is 0 Å². The van der Waals surface area contributed by atoms with Crippen molar-refractivity contribution in [2.75, 3.05) is 53.6 Å². The lowest BCUT2D eigenvalue weighted by molar-refractivity contribution is 0.0944. The second kappa shape index (κ2) is 14.9. The summed E-state index contributed by atoms with van der Waals surface area (Å²) in [6.07, 6.45) is 6.27. The van der Waals surface area contributed by atoms with Crippen LogP contribution in [0.25, 0.3) is 21.8 Å². The molecule has 0 amide bonds. The number of benzene rings is 2. The summed E-state index contributed by atoms with van der Waals surface area (Å²) in [5, 5.41) is 10.2. The highest BCUT2D eigenvalue weighted by Gasteiger charge is 2.43. The summed E-state index contributed by atoms with van der Waals surface area (Å²) in [6.45, 7) is 13.4. The Morgan fingerprint density at radius 2 is 1.15 bits per heavy atom. The number of aromatic nitrogens is 2. The van der Waals surface area contributed by atoms with Gasteiger partial charge in [0.2, 0.25) is 0 Å². The average molecular weight is 873 g/mol. The molecule has 288 valence electrons. The normalized spacial score (nSPS) is 26.2. The largest absolute Gasteiger partial charge is 0.358 e. The Kier molecular flexibility index (Phi) is 10.7. The molecule has 4 aromatic rings. The first kappa shape index (κ1) is 38.1. The van der Waals surface area contributed by atoms with Crippen LogP contribution < -0.4 is 10.6 Å². The van der Waals surface area contributed by atoms with Crippen LogP contribution in [0, 0.1) is 13.8 Å². The number of rotatable bonds is 12. The lowest BCUT2D eigenvalue weighted by Gasteiger charge is -2.48. The van der Waals surface area contributed by atoms with Crippen LogP contribution in [0.4, 0.5) is 0 Å². The van der Waals surface area contributed by atoms with Crippen LogP contribution in [-0.2, 0) is 23.1 Å². The minimum absolute atomic E-state index is 0.184. The van der Waals surface area contributed by atoms with Crippen molar-refractivity contribution in [1.82, 2.24) is 39.0 Å². The number of nitrogens with one attached hydrogen (secondary N) is 4. The third-order valence-corrected chi connectivity index (χ3v) is 15.7. The minimum Gasteiger partial charge on any atom is -0.358 e. The van der Waals surface area contributed by atoms with Gasteiger partial charge in [0.25, 0.3) is 10.2 Å². The molecule has 0 spiro atoms. The van der Waals surface area contributed by atoms with Crippen LogP contribution in [0.2, 0.25) is 0 Å². The number of H-pyrrole nitrogens is 2. The van der Waals surface area contributed by atoms with Crippen molar-refractivity contribution in [1.29, 1.82) is 0 Å². The van der Waals surface area contributed by atoms with E-state index in [1.807, 2.05) is 0 Å². The first-order valence-electron chi connectivity index (χ1n) is 19.6. The number of hydrogen-bond donors (Lipinski definition) is 4. The first-order chi connectivity index (χ1) is 25.4. The van der Waals surface area contributed by atoms with Gasteiger partial charge in [-0.1, -0.05) is 45.7 Å². The summed E-state index contributed by atoms with van der Waals surface area (Å²) in [7, 11) is -0.289. The van der Waals surface area contributed by atoms with E-state index < -0.39 is 10.2 Å². The zero-order valence-corrected chi connectivity index (χ0v) is 36.0. The molecule has 6 atom stereocenters. The highest BCUT2D eigenvalue weighted by Crippen LogP contribution is 2.47. The van der Waals surface area contributed by atoms with Gasteiger partial charge >= 0.3 is 0 Å². The highest BCUT2D eigenvalue weighted by atomic mass is 79.9. The van der Waals surface area contributed by atoms with Gasteiger partial charge in [-0.3, -0.25) is 20.4 Å². The number of hydrogen-bond acceptors (Lipinski definition) is 6. The summed E-state index contributed by atoms with van der Waals surface area (Å²) < 4.78 is 33.0. The van der Waals surface area contributed by atoms with E-state index in [4.69, 9.17) is 0 Å². The standard InChI is InChI=1S/C40H56Br2N8O2S/c1-7-9-49-19-27(15-31-33-11-25(41)13-35-39(33)29(17-37(31)49)23(3)45-35)43-21-47(5)53(51,52)48(6)22-44-28-16-32-34-12-26(42)14-36-40(34)30(24(4)46-36)18-38(32)50(20-28)10-8-2/h11-14,27-28,31-32,37-38,43-46H,7-10,15-22H2,1-6H3/t27-,28-,31+,32+,37+,38+/m0/s1. The maximum absolute atomic E-state index is 13.9. The van der Waals surface area contributed by atoms with Crippen LogP contribution in [0.3, 0.4) is 0 Å². The monoisotopic (exact) mass is 870 g/mol. The maximum atomic E-state index is 13.9. The molecule has 0 radical (unpaired) electrons. The number of aryl methyl sites for hydroxylation is 2. The number of fused-ring (bicyclic) bond motifs is 4. The number of nitrogens with zero attached hydrogens (tertiary/aromatic N) is 4. The summed E-state index contributed by atoms with van der Waals surface area (Å²) in [4.78, 5) is 12.6. The van der Waals surface area contributed by atoms with Crippen molar-refractivity contribution < 1.29 is 8.42 Å². The van der Waals surface area contributed by atoms with Gasteiger partial charge < -0.3 is 9.97 Å². The SMILES string of the molecule is CCCN1C[C@@H](NCN(C)S(=O)(=O)N(C)CN[C@H]2C[C@@H]3c4cc(Br)cc5[nH]c(C)c(c45)C[C@H]3N(CCC)C2)C[C@@H]2c3cc(Br)cc4[nH]c(C)c(c34)C[C@H]21. The number of piperidine rings is 2. The molecule has 2 saturated heterocycles. The van der Waals surface area contributed by atoms with E-state index in [0.29, 0.717) is 23.9 Å². The molecule has 0 bridgehead atoms. The van der Waals surface area contributed by atoms with E-state index in [1.165, 1.54) is 64.1 Å². The molecule has 2 aromatic carbocycles. The van der Waals surface area contributed by atoms with Gasteiger partial charge in [0.15, 0.2) is 0 Å². The smallest absolute Gasteiger partial charge is 0.283 e. The molecule has 4 aliphatic rings. The summed E-state index contributed by atoms with van der Waals surface area (Å²) >= 11 is 7.57. The van der Waals surface area contributed by atoms with Gasteiger partial charge in [0, 0.05) is 105 Å². The van der Waals surface area contributed by atoms with Gasteiger partial charge in [0.1, 0.15) is 0 Å². The van der Waals surface area contributed by atoms with E-state index in [-0.39, 0.29) is 25.4 Å². The fraction of sp³-hybridized carbons (Fsp3) is 0.600. The maximum Gasteiger partial charge on any atom is 0.283 e. The molecule has 53 heavy (non-hydrogen) atoms. The van der Waals surface area contributed by atoms with E-state index >= 15 is 0 Å². The molecule has 4 N–H and O–H groups in total.